The van der Waals surface area contributed by atoms with Gasteiger partial charge in [0.25, 0.3) is 0 Å². The lowest BCUT2D eigenvalue weighted by Gasteiger charge is -2.36. The second kappa shape index (κ2) is 4.58. The third kappa shape index (κ3) is 2.03. The first kappa shape index (κ1) is 12.0. The first-order valence-corrected chi connectivity index (χ1v) is 7.22. The van der Waals surface area contributed by atoms with E-state index >= 15 is 0 Å². The van der Waals surface area contributed by atoms with Gasteiger partial charge < -0.3 is 5.11 Å². The van der Waals surface area contributed by atoms with E-state index in [4.69, 9.17) is 0 Å². The van der Waals surface area contributed by atoms with Crippen LogP contribution in [0.4, 0.5) is 0 Å². The van der Waals surface area contributed by atoms with Crippen LogP contribution < -0.4 is 0 Å². The Morgan fingerprint density at radius 3 is 2.83 bits per heavy atom. The van der Waals surface area contributed by atoms with Gasteiger partial charge in [0.05, 0.1) is 0 Å². The van der Waals surface area contributed by atoms with Crippen LogP contribution in [0.25, 0.3) is 0 Å². The van der Waals surface area contributed by atoms with Gasteiger partial charge in [-0.1, -0.05) is 13.0 Å². The second-order valence-electron chi connectivity index (χ2n) is 6.18. The minimum absolute atomic E-state index is 0.414. The molecule has 18 heavy (non-hydrogen) atoms. The van der Waals surface area contributed by atoms with E-state index in [0.717, 1.165) is 12.3 Å². The van der Waals surface area contributed by atoms with Gasteiger partial charge in [-0.25, -0.2) is 0 Å². The number of hydrogen-bond donors (Lipinski definition) is 1. The first-order valence-electron chi connectivity index (χ1n) is 7.22. The molecule has 0 aromatic heterocycles. The normalized spacial score (nSPS) is 32.4. The Labute approximate surface area is 110 Å². The van der Waals surface area contributed by atoms with Gasteiger partial charge in [-0.15, -0.1) is 0 Å². The topological polar surface area (TPSA) is 23.5 Å². The van der Waals surface area contributed by atoms with Crippen LogP contribution in [0.15, 0.2) is 18.2 Å². The number of aromatic hydroxyl groups is 1. The van der Waals surface area contributed by atoms with Gasteiger partial charge in [0.1, 0.15) is 5.75 Å². The summed E-state index contributed by atoms with van der Waals surface area (Å²) in [5.74, 6) is 1.24. The van der Waals surface area contributed by atoms with E-state index < -0.39 is 0 Å². The van der Waals surface area contributed by atoms with E-state index in [1.165, 1.54) is 36.9 Å². The monoisotopic (exact) mass is 245 g/mol. The van der Waals surface area contributed by atoms with Crippen LogP contribution >= 0.6 is 0 Å². The molecule has 1 aliphatic heterocycles. The lowest BCUT2D eigenvalue weighted by atomic mass is 9.86. The highest BCUT2D eigenvalue weighted by atomic mass is 16.3. The highest BCUT2D eigenvalue weighted by Gasteiger charge is 2.34. The van der Waals surface area contributed by atoms with Crippen molar-refractivity contribution in [2.45, 2.75) is 51.6 Å². The van der Waals surface area contributed by atoms with E-state index in [0.29, 0.717) is 17.8 Å². The van der Waals surface area contributed by atoms with E-state index in [9.17, 15) is 5.11 Å². The maximum atomic E-state index is 9.62. The fourth-order valence-electron chi connectivity index (χ4n) is 3.89. The summed E-state index contributed by atoms with van der Waals surface area (Å²) >= 11 is 0. The fourth-order valence-corrected chi connectivity index (χ4v) is 3.89. The van der Waals surface area contributed by atoms with Crippen LogP contribution in [0, 0.1) is 5.92 Å². The Morgan fingerprint density at radius 1 is 1.28 bits per heavy atom. The summed E-state index contributed by atoms with van der Waals surface area (Å²) in [7, 11) is 0. The van der Waals surface area contributed by atoms with Crippen molar-refractivity contribution in [1.29, 1.82) is 0 Å². The number of benzene rings is 1. The number of rotatable bonds is 1. The Bertz CT molecular complexity index is 443. The van der Waals surface area contributed by atoms with Gasteiger partial charge in [-0.2, -0.15) is 0 Å². The molecule has 3 rings (SSSR count). The Morgan fingerprint density at radius 2 is 2.11 bits per heavy atom. The average molecular weight is 245 g/mol. The molecule has 3 atom stereocenters. The predicted molar refractivity (Wildman–Crippen MR) is 73.7 cm³/mol. The molecular formula is C16H23NO. The van der Waals surface area contributed by atoms with E-state index in [-0.39, 0.29) is 0 Å². The molecule has 2 heteroatoms. The SMILES string of the molecule is CC1CC(C)N(C2CCCc3cc(O)ccc32)C1. The zero-order valence-corrected chi connectivity index (χ0v) is 11.4. The molecule has 1 aliphatic carbocycles. The highest BCUT2D eigenvalue weighted by Crippen LogP contribution is 2.40. The van der Waals surface area contributed by atoms with Crippen LogP contribution in [-0.2, 0) is 6.42 Å². The van der Waals surface area contributed by atoms with Crippen LogP contribution in [0.1, 0.15) is 50.3 Å². The molecule has 0 bridgehead atoms. The lowest BCUT2D eigenvalue weighted by molar-refractivity contribution is 0.169. The summed E-state index contributed by atoms with van der Waals surface area (Å²) < 4.78 is 0. The average Bonchev–Trinajstić information content (AvgIpc) is 2.67. The van der Waals surface area contributed by atoms with Crippen LogP contribution in [-0.4, -0.2) is 22.6 Å². The summed E-state index contributed by atoms with van der Waals surface area (Å²) in [5.41, 5.74) is 2.82. The standard InChI is InChI=1S/C16H23NO/c1-11-8-12(2)17(10-11)16-5-3-4-13-9-14(18)6-7-15(13)16/h6-7,9,11-12,16,18H,3-5,8,10H2,1-2H3. The molecular weight excluding hydrogens is 222 g/mol. The van der Waals surface area contributed by atoms with Gasteiger partial charge >= 0.3 is 0 Å². The zero-order chi connectivity index (χ0) is 12.7. The third-order valence-corrected chi connectivity index (χ3v) is 4.64. The lowest BCUT2D eigenvalue weighted by Crippen LogP contribution is -2.34. The molecule has 0 radical (unpaired) electrons. The molecule has 2 aliphatic rings. The second-order valence-corrected chi connectivity index (χ2v) is 6.18. The van der Waals surface area contributed by atoms with Crippen LogP contribution in [0.5, 0.6) is 5.75 Å². The summed E-state index contributed by atoms with van der Waals surface area (Å²) in [6, 6.07) is 7.23. The number of phenols is 1. The van der Waals surface area contributed by atoms with Crippen molar-refractivity contribution in [2.75, 3.05) is 6.54 Å². The molecule has 1 N–H and O–H groups in total. The molecule has 3 unspecified atom stereocenters. The maximum absolute atomic E-state index is 9.62. The maximum Gasteiger partial charge on any atom is 0.115 e. The van der Waals surface area contributed by atoms with E-state index in [1.807, 2.05) is 12.1 Å². The Balaban J connectivity index is 1.91. The summed E-state index contributed by atoms with van der Waals surface area (Å²) in [6.45, 7) is 5.95. The quantitative estimate of drug-likeness (QED) is 0.818. The van der Waals surface area contributed by atoms with Crippen molar-refractivity contribution in [3.63, 3.8) is 0 Å². The van der Waals surface area contributed by atoms with Gasteiger partial charge in [-0.05, 0) is 61.8 Å². The van der Waals surface area contributed by atoms with Crippen molar-refractivity contribution in [3.05, 3.63) is 29.3 Å². The Hall–Kier alpha value is -1.02. The number of nitrogens with zero attached hydrogens (tertiary/aromatic N) is 1. The van der Waals surface area contributed by atoms with Gasteiger partial charge in [-0.3, -0.25) is 4.90 Å². The van der Waals surface area contributed by atoms with E-state index in [1.54, 1.807) is 0 Å². The van der Waals surface area contributed by atoms with Crippen molar-refractivity contribution < 1.29 is 5.11 Å². The smallest absolute Gasteiger partial charge is 0.115 e. The van der Waals surface area contributed by atoms with Crippen molar-refractivity contribution in [2.24, 2.45) is 5.92 Å². The van der Waals surface area contributed by atoms with Crippen molar-refractivity contribution in [3.8, 4) is 5.75 Å². The summed E-state index contributed by atoms with van der Waals surface area (Å²) in [5, 5.41) is 9.62. The molecule has 0 spiro atoms. The molecule has 0 saturated carbocycles. The number of aryl methyl sites for hydroxylation is 1. The third-order valence-electron chi connectivity index (χ3n) is 4.64. The van der Waals surface area contributed by atoms with Gasteiger partial charge in [0, 0.05) is 18.6 Å². The minimum Gasteiger partial charge on any atom is -0.508 e. The molecule has 1 aromatic rings. The number of likely N-dealkylation sites (tertiary alicyclic amines) is 1. The first-order chi connectivity index (χ1) is 8.65. The molecule has 2 nitrogen and oxygen atoms in total. The molecule has 98 valence electrons. The minimum atomic E-state index is 0.414. The van der Waals surface area contributed by atoms with Gasteiger partial charge in [0.15, 0.2) is 0 Å². The summed E-state index contributed by atoms with van der Waals surface area (Å²) in [4.78, 5) is 2.68. The predicted octanol–water partition coefficient (Wildman–Crippen LogP) is 3.50. The molecule has 1 saturated heterocycles. The highest BCUT2D eigenvalue weighted by molar-refractivity contribution is 5.38. The van der Waals surface area contributed by atoms with E-state index in [2.05, 4.69) is 24.8 Å². The Kier molecular flexibility index (Phi) is 3.06. The van der Waals surface area contributed by atoms with Crippen LogP contribution in [0.2, 0.25) is 0 Å². The fraction of sp³-hybridized carbons (Fsp3) is 0.625. The summed E-state index contributed by atoms with van der Waals surface area (Å²) in [6.07, 6.45) is 4.97. The van der Waals surface area contributed by atoms with Crippen molar-refractivity contribution in [1.82, 2.24) is 4.90 Å². The largest absolute Gasteiger partial charge is 0.508 e. The van der Waals surface area contributed by atoms with Crippen molar-refractivity contribution >= 4 is 0 Å². The molecule has 1 aromatic carbocycles. The van der Waals surface area contributed by atoms with Crippen LogP contribution in [0.3, 0.4) is 0 Å². The number of phenolic OH excluding ortho intramolecular Hbond substituents is 1. The molecule has 1 heterocycles. The molecule has 0 amide bonds. The number of fused-ring (bicyclic) bond motifs is 1. The van der Waals surface area contributed by atoms with Gasteiger partial charge in [0.2, 0.25) is 0 Å². The molecule has 1 fully saturated rings. The zero-order valence-electron chi connectivity index (χ0n) is 11.4. The number of hydrogen-bond acceptors (Lipinski definition) is 2.